The molecule has 0 amide bonds. The molecule has 132 valence electrons. The topological polar surface area (TPSA) is 137 Å². The van der Waals surface area contributed by atoms with Crippen LogP contribution in [0.2, 0.25) is 0 Å². The zero-order valence-corrected chi connectivity index (χ0v) is 13.1. The first-order valence-corrected chi connectivity index (χ1v) is 7.67. The van der Waals surface area contributed by atoms with Crippen LogP contribution in [0.1, 0.15) is 5.56 Å². The SMILES string of the molecule is N#CCc1ccc(OCCN2C(O)[C@H](O)[C@@H](O)[C@H](O)[C@H]2CO)cc1. The quantitative estimate of drug-likeness (QED) is 0.410. The Morgan fingerprint density at radius 3 is 2.29 bits per heavy atom. The van der Waals surface area contributed by atoms with Crippen LogP contribution in [0.5, 0.6) is 5.75 Å². The van der Waals surface area contributed by atoms with Crippen LogP contribution in [0.15, 0.2) is 24.3 Å². The van der Waals surface area contributed by atoms with E-state index in [1.807, 2.05) is 0 Å². The summed E-state index contributed by atoms with van der Waals surface area (Å²) in [5, 5.41) is 57.3. The minimum Gasteiger partial charge on any atom is -0.492 e. The van der Waals surface area contributed by atoms with Crippen molar-refractivity contribution < 1.29 is 30.3 Å². The first kappa shape index (κ1) is 18.6. The van der Waals surface area contributed by atoms with Crippen molar-refractivity contribution in [2.45, 2.75) is 37.0 Å². The number of likely N-dealkylation sites (tertiary alicyclic amines) is 1. The molecule has 1 aliphatic rings. The number of aliphatic hydroxyl groups is 5. The lowest BCUT2D eigenvalue weighted by molar-refractivity contribution is -0.223. The highest BCUT2D eigenvalue weighted by atomic mass is 16.5. The standard InChI is InChI=1S/C16H22N2O6/c17-6-5-10-1-3-11(4-2-10)24-8-7-18-12(9-19)13(20)14(21)15(22)16(18)23/h1-4,12-16,19-23H,5,7-9H2/t12-,13-,14+,15-,16?/m1/s1. The van der Waals surface area contributed by atoms with Crippen molar-refractivity contribution in [3.63, 3.8) is 0 Å². The van der Waals surface area contributed by atoms with Crippen LogP contribution in [-0.2, 0) is 6.42 Å². The summed E-state index contributed by atoms with van der Waals surface area (Å²) < 4.78 is 5.54. The number of ether oxygens (including phenoxy) is 1. The minimum absolute atomic E-state index is 0.132. The first-order valence-electron chi connectivity index (χ1n) is 7.67. The number of nitriles is 1. The summed E-state index contributed by atoms with van der Waals surface area (Å²) in [6.07, 6.45) is -5.54. The number of hydrogen-bond acceptors (Lipinski definition) is 8. The van der Waals surface area contributed by atoms with Crippen molar-refractivity contribution in [1.82, 2.24) is 4.90 Å². The van der Waals surface area contributed by atoms with E-state index < -0.39 is 37.2 Å². The Morgan fingerprint density at radius 1 is 1.04 bits per heavy atom. The van der Waals surface area contributed by atoms with Crippen LogP contribution in [0.25, 0.3) is 0 Å². The second kappa shape index (κ2) is 8.39. The number of aliphatic hydroxyl groups excluding tert-OH is 5. The van der Waals surface area contributed by atoms with E-state index in [0.717, 1.165) is 5.56 Å². The molecule has 5 atom stereocenters. The second-order valence-electron chi connectivity index (χ2n) is 5.70. The van der Waals surface area contributed by atoms with Crippen LogP contribution in [-0.4, -0.2) is 80.8 Å². The summed E-state index contributed by atoms with van der Waals surface area (Å²) >= 11 is 0. The van der Waals surface area contributed by atoms with E-state index in [1.54, 1.807) is 24.3 Å². The van der Waals surface area contributed by atoms with E-state index in [4.69, 9.17) is 10.00 Å². The molecule has 0 aromatic heterocycles. The van der Waals surface area contributed by atoms with E-state index in [0.29, 0.717) is 12.2 Å². The highest BCUT2D eigenvalue weighted by Crippen LogP contribution is 2.23. The molecule has 1 aliphatic heterocycles. The van der Waals surface area contributed by atoms with Gasteiger partial charge in [-0.2, -0.15) is 5.26 Å². The molecule has 1 fully saturated rings. The van der Waals surface area contributed by atoms with Crippen LogP contribution in [0, 0.1) is 11.3 Å². The predicted octanol–water partition coefficient (Wildman–Crippen LogP) is -1.79. The maximum Gasteiger partial charge on any atom is 0.136 e. The summed E-state index contributed by atoms with van der Waals surface area (Å²) in [6.45, 7) is -0.210. The predicted molar refractivity (Wildman–Crippen MR) is 82.9 cm³/mol. The molecule has 0 spiro atoms. The zero-order valence-electron chi connectivity index (χ0n) is 13.1. The smallest absolute Gasteiger partial charge is 0.136 e. The Morgan fingerprint density at radius 2 is 1.71 bits per heavy atom. The maximum atomic E-state index is 10.0. The van der Waals surface area contributed by atoms with Gasteiger partial charge in [-0.05, 0) is 17.7 Å². The van der Waals surface area contributed by atoms with Gasteiger partial charge in [0.2, 0.25) is 0 Å². The zero-order chi connectivity index (χ0) is 17.7. The molecule has 1 aromatic carbocycles. The largest absolute Gasteiger partial charge is 0.492 e. The number of rotatable bonds is 6. The van der Waals surface area contributed by atoms with Crippen molar-refractivity contribution in [3.8, 4) is 11.8 Å². The Balaban J connectivity index is 1.93. The first-order chi connectivity index (χ1) is 11.5. The molecule has 8 heteroatoms. The average molecular weight is 338 g/mol. The van der Waals surface area contributed by atoms with E-state index >= 15 is 0 Å². The third kappa shape index (κ3) is 4.02. The molecular weight excluding hydrogens is 316 g/mol. The monoisotopic (exact) mass is 338 g/mol. The number of hydrogen-bond donors (Lipinski definition) is 5. The van der Waals surface area contributed by atoms with Gasteiger partial charge in [-0.15, -0.1) is 0 Å². The van der Waals surface area contributed by atoms with Gasteiger partial charge in [0, 0.05) is 6.54 Å². The van der Waals surface area contributed by atoms with Gasteiger partial charge in [0.15, 0.2) is 0 Å². The lowest BCUT2D eigenvalue weighted by Crippen LogP contribution is -2.67. The molecule has 0 radical (unpaired) electrons. The van der Waals surface area contributed by atoms with Gasteiger partial charge in [0.1, 0.15) is 36.9 Å². The van der Waals surface area contributed by atoms with E-state index in [9.17, 15) is 25.5 Å². The molecule has 2 rings (SSSR count). The molecule has 5 N–H and O–H groups in total. The van der Waals surface area contributed by atoms with E-state index in [2.05, 4.69) is 6.07 Å². The van der Waals surface area contributed by atoms with Crippen molar-refractivity contribution in [2.75, 3.05) is 19.8 Å². The summed E-state index contributed by atoms with van der Waals surface area (Å²) in [4.78, 5) is 1.30. The van der Waals surface area contributed by atoms with E-state index in [1.165, 1.54) is 4.90 Å². The van der Waals surface area contributed by atoms with Crippen LogP contribution in [0.3, 0.4) is 0 Å². The molecular formula is C16H22N2O6. The highest BCUT2D eigenvalue weighted by molar-refractivity contribution is 5.28. The maximum absolute atomic E-state index is 10.0. The molecule has 0 aliphatic carbocycles. The molecule has 0 bridgehead atoms. The lowest BCUT2D eigenvalue weighted by Gasteiger charge is -2.46. The molecule has 24 heavy (non-hydrogen) atoms. The van der Waals surface area contributed by atoms with Gasteiger partial charge in [-0.3, -0.25) is 4.90 Å². The normalized spacial score (nSPS) is 30.8. The molecule has 0 saturated carbocycles. The second-order valence-corrected chi connectivity index (χ2v) is 5.70. The number of piperidine rings is 1. The van der Waals surface area contributed by atoms with Crippen molar-refractivity contribution in [2.24, 2.45) is 0 Å². The lowest BCUT2D eigenvalue weighted by atomic mass is 9.93. The van der Waals surface area contributed by atoms with Gasteiger partial charge in [-0.1, -0.05) is 12.1 Å². The third-order valence-electron chi connectivity index (χ3n) is 4.18. The van der Waals surface area contributed by atoms with Gasteiger partial charge >= 0.3 is 0 Å². The van der Waals surface area contributed by atoms with Gasteiger partial charge < -0.3 is 30.3 Å². The summed E-state index contributed by atoms with van der Waals surface area (Å²) in [6, 6.07) is 8.13. The number of benzene rings is 1. The van der Waals surface area contributed by atoms with Gasteiger partial charge in [0.25, 0.3) is 0 Å². The van der Waals surface area contributed by atoms with Gasteiger partial charge in [0.05, 0.1) is 25.1 Å². The summed E-state index contributed by atoms with van der Waals surface area (Å²) in [5.74, 6) is 0.574. The molecule has 1 saturated heterocycles. The van der Waals surface area contributed by atoms with Crippen LogP contribution in [0.4, 0.5) is 0 Å². The molecule has 1 aromatic rings. The Kier molecular flexibility index (Phi) is 6.51. The third-order valence-corrected chi connectivity index (χ3v) is 4.18. The fourth-order valence-electron chi connectivity index (χ4n) is 2.77. The van der Waals surface area contributed by atoms with Crippen molar-refractivity contribution in [1.29, 1.82) is 5.26 Å². The van der Waals surface area contributed by atoms with Crippen LogP contribution >= 0.6 is 0 Å². The average Bonchev–Trinajstić information content (AvgIpc) is 2.59. The van der Waals surface area contributed by atoms with Crippen molar-refractivity contribution >= 4 is 0 Å². The Bertz CT molecular complexity index is 561. The molecule has 8 nitrogen and oxygen atoms in total. The highest BCUT2D eigenvalue weighted by Gasteiger charge is 2.46. The fraction of sp³-hybridized carbons (Fsp3) is 0.562. The fourth-order valence-corrected chi connectivity index (χ4v) is 2.77. The molecule has 1 unspecified atom stereocenters. The molecule has 1 heterocycles. The van der Waals surface area contributed by atoms with Crippen molar-refractivity contribution in [3.05, 3.63) is 29.8 Å². The summed E-state index contributed by atoms with van der Waals surface area (Å²) in [5.41, 5.74) is 0.872. The summed E-state index contributed by atoms with van der Waals surface area (Å²) in [7, 11) is 0. The van der Waals surface area contributed by atoms with Gasteiger partial charge in [-0.25, -0.2) is 0 Å². The minimum atomic E-state index is -1.53. The van der Waals surface area contributed by atoms with Crippen LogP contribution < -0.4 is 4.74 Å². The Hall–Kier alpha value is -1.73. The number of nitrogens with zero attached hydrogens (tertiary/aromatic N) is 2. The van der Waals surface area contributed by atoms with E-state index in [-0.39, 0.29) is 13.2 Å². The Labute approximate surface area is 139 Å².